The van der Waals surface area contributed by atoms with Crippen LogP contribution in [-0.2, 0) is 11.2 Å². The molecule has 0 spiro atoms. The highest BCUT2D eigenvalue weighted by Gasteiger charge is 2.19. The number of nitrogens with zero attached hydrogens (tertiary/aromatic N) is 1. The van der Waals surface area contributed by atoms with Gasteiger partial charge in [-0.05, 0) is 24.6 Å². The number of hydrogen-bond donors (Lipinski definition) is 1. The third-order valence-corrected chi connectivity index (χ3v) is 3.70. The van der Waals surface area contributed by atoms with E-state index < -0.39 is 17.7 Å². The van der Waals surface area contributed by atoms with Gasteiger partial charge in [-0.1, -0.05) is 24.3 Å². The average molecular weight is 308 g/mol. The number of thiazole rings is 1. The van der Waals surface area contributed by atoms with Gasteiger partial charge in [0.25, 0.3) is 5.91 Å². The zero-order chi connectivity index (χ0) is 15.4. The maximum Gasteiger partial charge on any atom is 0.350 e. The number of esters is 1. The summed E-state index contributed by atoms with van der Waals surface area (Å²) in [7, 11) is 1.28. The zero-order valence-corrected chi connectivity index (χ0v) is 12.3. The van der Waals surface area contributed by atoms with E-state index in [1.54, 1.807) is 0 Å². The lowest BCUT2D eigenvalue weighted by Gasteiger charge is -2.01. The van der Waals surface area contributed by atoms with Crippen molar-refractivity contribution in [3.63, 3.8) is 0 Å². The van der Waals surface area contributed by atoms with Gasteiger partial charge >= 0.3 is 5.97 Å². The molecule has 0 saturated carbocycles. The number of hydrogen-bond acceptors (Lipinski definition) is 5. The Labute approximate surface area is 124 Å². The predicted octanol–water partition coefficient (Wildman–Crippen LogP) is 2.88. The SMILES string of the molecule is CCc1nc(NC(=O)c2cccc(F)c2)sc1C(=O)OC. The molecule has 1 aromatic carbocycles. The van der Waals surface area contributed by atoms with Gasteiger partial charge in [0.05, 0.1) is 12.8 Å². The minimum absolute atomic E-state index is 0.183. The topological polar surface area (TPSA) is 68.3 Å². The first kappa shape index (κ1) is 15.1. The molecule has 1 aromatic heterocycles. The van der Waals surface area contributed by atoms with Gasteiger partial charge in [-0.2, -0.15) is 0 Å². The molecule has 2 aromatic rings. The Morgan fingerprint density at radius 1 is 1.43 bits per heavy atom. The van der Waals surface area contributed by atoms with Crippen LogP contribution in [0.2, 0.25) is 0 Å². The molecule has 0 bridgehead atoms. The molecule has 0 atom stereocenters. The number of carbonyl (C=O) groups excluding carboxylic acids is 2. The van der Waals surface area contributed by atoms with E-state index in [1.807, 2.05) is 6.92 Å². The van der Waals surface area contributed by atoms with E-state index in [9.17, 15) is 14.0 Å². The summed E-state index contributed by atoms with van der Waals surface area (Å²) in [6, 6.07) is 5.33. The third kappa shape index (κ3) is 3.43. The summed E-state index contributed by atoms with van der Waals surface area (Å²) in [4.78, 5) is 28.1. The highest BCUT2D eigenvalue weighted by atomic mass is 32.1. The van der Waals surface area contributed by atoms with Gasteiger partial charge in [0.2, 0.25) is 0 Å². The molecule has 1 heterocycles. The summed E-state index contributed by atoms with van der Waals surface area (Å²) in [5, 5.41) is 2.83. The van der Waals surface area contributed by atoms with Gasteiger partial charge in [-0.25, -0.2) is 14.2 Å². The van der Waals surface area contributed by atoms with E-state index in [0.29, 0.717) is 17.0 Å². The van der Waals surface area contributed by atoms with Crippen molar-refractivity contribution < 1.29 is 18.7 Å². The standard InChI is InChI=1S/C14H13FN2O3S/c1-3-10-11(13(19)20-2)21-14(16-10)17-12(18)8-5-4-6-9(15)7-8/h4-7H,3H2,1-2H3,(H,16,17,18). The molecule has 7 heteroatoms. The van der Waals surface area contributed by atoms with Crippen molar-refractivity contribution in [2.24, 2.45) is 0 Å². The van der Waals surface area contributed by atoms with Crippen molar-refractivity contribution >= 4 is 28.3 Å². The average Bonchev–Trinajstić information content (AvgIpc) is 2.89. The molecule has 0 fully saturated rings. The molecule has 110 valence electrons. The molecular formula is C14H13FN2O3S. The maximum atomic E-state index is 13.1. The smallest absolute Gasteiger partial charge is 0.350 e. The van der Waals surface area contributed by atoms with E-state index in [0.717, 1.165) is 17.4 Å². The summed E-state index contributed by atoms with van der Waals surface area (Å²) in [5.74, 6) is -1.47. The summed E-state index contributed by atoms with van der Waals surface area (Å²) in [6.07, 6.45) is 0.538. The van der Waals surface area contributed by atoms with Gasteiger partial charge in [0.1, 0.15) is 10.7 Å². The van der Waals surface area contributed by atoms with Crippen LogP contribution in [0.15, 0.2) is 24.3 Å². The first-order valence-corrected chi connectivity index (χ1v) is 7.01. The Bertz CT molecular complexity index is 685. The number of ether oxygens (including phenoxy) is 1. The number of halogens is 1. The molecule has 0 radical (unpaired) electrons. The highest BCUT2D eigenvalue weighted by molar-refractivity contribution is 7.17. The fourth-order valence-electron chi connectivity index (χ4n) is 1.70. The Kier molecular flexibility index (Phi) is 4.64. The van der Waals surface area contributed by atoms with Crippen molar-refractivity contribution in [3.8, 4) is 0 Å². The highest BCUT2D eigenvalue weighted by Crippen LogP contribution is 2.24. The molecule has 0 unspecified atom stereocenters. The quantitative estimate of drug-likeness (QED) is 0.882. The van der Waals surface area contributed by atoms with E-state index in [-0.39, 0.29) is 10.7 Å². The Morgan fingerprint density at radius 2 is 2.19 bits per heavy atom. The second-order valence-electron chi connectivity index (χ2n) is 4.10. The number of carbonyl (C=O) groups is 2. The molecule has 1 N–H and O–H groups in total. The number of aryl methyl sites for hydroxylation is 1. The van der Waals surface area contributed by atoms with Crippen LogP contribution in [0.5, 0.6) is 0 Å². The molecule has 0 saturated heterocycles. The Balaban J connectivity index is 2.22. The van der Waals surface area contributed by atoms with Crippen LogP contribution in [0.25, 0.3) is 0 Å². The molecular weight excluding hydrogens is 295 g/mol. The molecule has 0 aliphatic carbocycles. The summed E-state index contributed by atoms with van der Waals surface area (Å²) < 4.78 is 17.8. The van der Waals surface area contributed by atoms with E-state index in [4.69, 9.17) is 0 Å². The normalized spacial score (nSPS) is 10.2. The molecule has 5 nitrogen and oxygen atoms in total. The second kappa shape index (κ2) is 6.45. The van der Waals surface area contributed by atoms with Gasteiger partial charge < -0.3 is 4.74 Å². The van der Waals surface area contributed by atoms with Crippen molar-refractivity contribution in [2.75, 3.05) is 12.4 Å². The lowest BCUT2D eigenvalue weighted by atomic mass is 10.2. The number of methoxy groups -OCH3 is 1. The Morgan fingerprint density at radius 3 is 2.81 bits per heavy atom. The fraction of sp³-hybridized carbons (Fsp3) is 0.214. The summed E-state index contributed by atoms with van der Waals surface area (Å²) in [5.41, 5.74) is 0.740. The molecule has 0 aliphatic heterocycles. The largest absolute Gasteiger partial charge is 0.465 e. The van der Waals surface area contributed by atoms with Gasteiger partial charge in [0, 0.05) is 5.56 Å². The minimum Gasteiger partial charge on any atom is -0.465 e. The van der Waals surface area contributed by atoms with Crippen molar-refractivity contribution in [2.45, 2.75) is 13.3 Å². The lowest BCUT2D eigenvalue weighted by Crippen LogP contribution is -2.11. The van der Waals surface area contributed by atoms with Crippen molar-refractivity contribution in [3.05, 3.63) is 46.2 Å². The number of rotatable bonds is 4. The van der Waals surface area contributed by atoms with Crippen LogP contribution < -0.4 is 5.32 Å². The molecule has 1 amide bonds. The van der Waals surface area contributed by atoms with Crippen LogP contribution in [0.4, 0.5) is 9.52 Å². The van der Waals surface area contributed by atoms with Crippen molar-refractivity contribution in [1.29, 1.82) is 0 Å². The molecule has 21 heavy (non-hydrogen) atoms. The number of anilines is 1. The van der Waals surface area contributed by atoms with Crippen LogP contribution >= 0.6 is 11.3 Å². The zero-order valence-electron chi connectivity index (χ0n) is 11.5. The van der Waals surface area contributed by atoms with Crippen LogP contribution in [0, 0.1) is 5.82 Å². The van der Waals surface area contributed by atoms with E-state index in [1.165, 1.54) is 25.3 Å². The predicted molar refractivity (Wildman–Crippen MR) is 77.2 cm³/mol. The number of nitrogens with one attached hydrogen (secondary N) is 1. The fourth-order valence-corrected chi connectivity index (χ4v) is 2.66. The summed E-state index contributed by atoms with van der Waals surface area (Å²) in [6.45, 7) is 1.85. The van der Waals surface area contributed by atoms with E-state index >= 15 is 0 Å². The van der Waals surface area contributed by atoms with Gasteiger partial charge in [0.15, 0.2) is 5.13 Å². The Hall–Kier alpha value is -2.28. The number of aromatic nitrogens is 1. The summed E-state index contributed by atoms with van der Waals surface area (Å²) >= 11 is 1.03. The number of amides is 1. The maximum absolute atomic E-state index is 13.1. The first-order valence-electron chi connectivity index (χ1n) is 6.20. The molecule has 0 aliphatic rings. The first-order chi connectivity index (χ1) is 10.0. The van der Waals surface area contributed by atoms with Gasteiger partial charge in [-0.3, -0.25) is 10.1 Å². The van der Waals surface area contributed by atoms with Crippen LogP contribution in [0.1, 0.15) is 32.6 Å². The number of benzene rings is 1. The third-order valence-electron chi connectivity index (χ3n) is 2.71. The monoisotopic (exact) mass is 308 g/mol. The second-order valence-corrected chi connectivity index (χ2v) is 5.10. The van der Waals surface area contributed by atoms with Crippen LogP contribution in [0.3, 0.4) is 0 Å². The van der Waals surface area contributed by atoms with Crippen LogP contribution in [-0.4, -0.2) is 24.0 Å². The van der Waals surface area contributed by atoms with Crippen molar-refractivity contribution in [1.82, 2.24) is 4.98 Å². The lowest BCUT2D eigenvalue weighted by molar-refractivity contribution is 0.0604. The minimum atomic E-state index is -0.494. The van der Waals surface area contributed by atoms with E-state index in [2.05, 4.69) is 15.0 Å². The van der Waals surface area contributed by atoms with Gasteiger partial charge in [-0.15, -0.1) is 0 Å². The molecule has 2 rings (SSSR count).